The molecule has 0 unspecified atom stereocenters. The molecule has 0 radical (unpaired) electrons. The van der Waals surface area contributed by atoms with Gasteiger partial charge in [0, 0.05) is 24.0 Å². The van der Waals surface area contributed by atoms with Crippen LogP contribution in [0, 0.1) is 5.82 Å². The van der Waals surface area contributed by atoms with Gasteiger partial charge in [0.1, 0.15) is 11.6 Å². The van der Waals surface area contributed by atoms with Crippen LogP contribution < -0.4 is 5.73 Å². The van der Waals surface area contributed by atoms with E-state index >= 15 is 0 Å². The normalized spacial score (nSPS) is 10.9. The Morgan fingerprint density at radius 1 is 1.18 bits per heavy atom. The van der Waals surface area contributed by atoms with Crippen LogP contribution in [0.3, 0.4) is 0 Å². The molecular formula is C12H9FN4. The molecule has 84 valence electrons. The van der Waals surface area contributed by atoms with Gasteiger partial charge in [-0.3, -0.25) is 0 Å². The van der Waals surface area contributed by atoms with Crippen molar-refractivity contribution in [3.05, 3.63) is 48.5 Å². The lowest BCUT2D eigenvalue weighted by molar-refractivity contribution is 0.628. The van der Waals surface area contributed by atoms with Crippen LogP contribution in [0.5, 0.6) is 0 Å². The number of hydrogen-bond donors (Lipinski definition) is 1. The molecule has 0 aliphatic rings. The Kier molecular flexibility index (Phi) is 2.04. The molecule has 0 fully saturated rings. The number of nitrogens with two attached hydrogens (primary N) is 1. The molecule has 3 rings (SSSR count). The zero-order valence-corrected chi connectivity index (χ0v) is 8.84. The Hall–Kier alpha value is -2.43. The second-order valence-electron chi connectivity index (χ2n) is 3.72. The van der Waals surface area contributed by atoms with Gasteiger partial charge in [-0.1, -0.05) is 12.1 Å². The van der Waals surface area contributed by atoms with Gasteiger partial charge in [-0.25, -0.2) is 13.9 Å². The molecule has 2 N–H and O–H groups in total. The SMILES string of the molecule is Nc1cc2ncc(-c3cccc(F)c3)cn2n1. The molecule has 0 atom stereocenters. The maximum Gasteiger partial charge on any atom is 0.157 e. The van der Waals surface area contributed by atoms with Crippen molar-refractivity contribution in [2.24, 2.45) is 0 Å². The Morgan fingerprint density at radius 2 is 2.06 bits per heavy atom. The molecule has 3 aromatic rings. The standard InChI is InChI=1S/C12H9FN4/c13-10-3-1-2-8(4-10)9-6-15-12-5-11(14)16-17(12)7-9/h1-7H,(H2,14,16). The third-order valence-electron chi connectivity index (χ3n) is 2.49. The number of rotatable bonds is 1. The second-order valence-corrected chi connectivity index (χ2v) is 3.72. The summed E-state index contributed by atoms with van der Waals surface area (Å²) in [5.74, 6) is 0.136. The summed E-state index contributed by atoms with van der Waals surface area (Å²) in [6.07, 6.45) is 3.44. The average Bonchev–Trinajstić information content (AvgIpc) is 2.68. The molecule has 4 nitrogen and oxygen atoms in total. The largest absolute Gasteiger partial charge is 0.382 e. The highest BCUT2D eigenvalue weighted by molar-refractivity contribution is 5.63. The van der Waals surface area contributed by atoms with Gasteiger partial charge in [0.25, 0.3) is 0 Å². The molecular weight excluding hydrogens is 219 g/mol. The number of benzene rings is 1. The van der Waals surface area contributed by atoms with E-state index in [-0.39, 0.29) is 5.82 Å². The van der Waals surface area contributed by atoms with Crippen LogP contribution >= 0.6 is 0 Å². The smallest absolute Gasteiger partial charge is 0.157 e. The minimum absolute atomic E-state index is 0.275. The topological polar surface area (TPSA) is 56.2 Å². The van der Waals surface area contributed by atoms with Crippen LogP contribution in [0.25, 0.3) is 16.8 Å². The van der Waals surface area contributed by atoms with Crippen LogP contribution in [0.15, 0.2) is 42.7 Å². The molecule has 0 saturated heterocycles. The van der Waals surface area contributed by atoms with Gasteiger partial charge in [0.05, 0.1) is 0 Å². The van der Waals surface area contributed by atoms with Gasteiger partial charge in [0.15, 0.2) is 5.65 Å². The van der Waals surface area contributed by atoms with Crippen LogP contribution in [0.4, 0.5) is 10.2 Å². The summed E-state index contributed by atoms with van der Waals surface area (Å²) in [6.45, 7) is 0. The van der Waals surface area contributed by atoms with Crippen LogP contribution in [0.2, 0.25) is 0 Å². The van der Waals surface area contributed by atoms with E-state index in [1.807, 2.05) is 6.07 Å². The Bertz CT molecular complexity index is 690. The van der Waals surface area contributed by atoms with Gasteiger partial charge in [0.2, 0.25) is 0 Å². The molecule has 0 saturated carbocycles. The summed E-state index contributed by atoms with van der Waals surface area (Å²) in [5, 5.41) is 4.06. The predicted octanol–water partition coefficient (Wildman–Crippen LogP) is 2.12. The molecule has 0 amide bonds. The van der Waals surface area contributed by atoms with Crippen LogP contribution in [0.1, 0.15) is 0 Å². The van der Waals surface area contributed by atoms with E-state index in [4.69, 9.17) is 5.73 Å². The zero-order valence-electron chi connectivity index (χ0n) is 8.84. The van der Waals surface area contributed by atoms with Crippen molar-refractivity contribution in [3.63, 3.8) is 0 Å². The average molecular weight is 228 g/mol. The van der Waals surface area contributed by atoms with E-state index in [0.717, 1.165) is 11.1 Å². The van der Waals surface area contributed by atoms with Gasteiger partial charge < -0.3 is 5.73 Å². The lowest BCUT2D eigenvalue weighted by atomic mass is 10.1. The molecule has 2 heterocycles. The van der Waals surface area contributed by atoms with E-state index < -0.39 is 0 Å². The fourth-order valence-corrected chi connectivity index (χ4v) is 1.71. The number of anilines is 1. The van der Waals surface area contributed by atoms with Crippen molar-refractivity contribution in [1.82, 2.24) is 14.6 Å². The van der Waals surface area contributed by atoms with Gasteiger partial charge in [-0.2, -0.15) is 0 Å². The van der Waals surface area contributed by atoms with Crippen molar-refractivity contribution in [2.45, 2.75) is 0 Å². The fraction of sp³-hybridized carbons (Fsp3) is 0. The Balaban J connectivity index is 2.17. The fourth-order valence-electron chi connectivity index (χ4n) is 1.71. The molecule has 0 aliphatic heterocycles. The molecule has 17 heavy (non-hydrogen) atoms. The Morgan fingerprint density at radius 3 is 2.88 bits per heavy atom. The van der Waals surface area contributed by atoms with Gasteiger partial charge in [-0.05, 0) is 17.7 Å². The number of hydrogen-bond acceptors (Lipinski definition) is 3. The summed E-state index contributed by atoms with van der Waals surface area (Å²) >= 11 is 0. The van der Waals surface area contributed by atoms with E-state index in [0.29, 0.717) is 11.5 Å². The number of aromatic nitrogens is 3. The second kappa shape index (κ2) is 3.55. The maximum atomic E-state index is 13.1. The minimum atomic E-state index is -0.275. The van der Waals surface area contributed by atoms with Crippen molar-refractivity contribution in [2.75, 3.05) is 5.73 Å². The monoisotopic (exact) mass is 228 g/mol. The summed E-state index contributed by atoms with van der Waals surface area (Å²) in [4.78, 5) is 4.21. The number of halogens is 1. The first-order valence-corrected chi connectivity index (χ1v) is 5.09. The first-order chi connectivity index (χ1) is 8.22. The highest BCUT2D eigenvalue weighted by Gasteiger charge is 2.03. The first kappa shape index (κ1) is 9.77. The Labute approximate surface area is 96.5 Å². The zero-order chi connectivity index (χ0) is 11.8. The van der Waals surface area contributed by atoms with Crippen molar-refractivity contribution in [1.29, 1.82) is 0 Å². The van der Waals surface area contributed by atoms with E-state index in [9.17, 15) is 4.39 Å². The summed E-state index contributed by atoms with van der Waals surface area (Å²) < 4.78 is 14.7. The highest BCUT2D eigenvalue weighted by Crippen LogP contribution is 2.19. The third-order valence-corrected chi connectivity index (χ3v) is 2.49. The summed E-state index contributed by atoms with van der Waals surface area (Å²) in [7, 11) is 0. The lowest BCUT2D eigenvalue weighted by Gasteiger charge is -2.01. The van der Waals surface area contributed by atoms with Crippen LogP contribution in [-0.2, 0) is 0 Å². The number of fused-ring (bicyclic) bond motifs is 1. The molecule has 5 heteroatoms. The van der Waals surface area contributed by atoms with Crippen LogP contribution in [-0.4, -0.2) is 14.6 Å². The number of nitrogen functional groups attached to an aromatic ring is 1. The molecule has 1 aromatic carbocycles. The molecule has 0 spiro atoms. The predicted molar refractivity (Wildman–Crippen MR) is 62.8 cm³/mol. The molecule has 2 aromatic heterocycles. The van der Waals surface area contributed by atoms with E-state index in [1.54, 1.807) is 29.0 Å². The van der Waals surface area contributed by atoms with E-state index in [2.05, 4.69) is 10.1 Å². The minimum Gasteiger partial charge on any atom is -0.382 e. The van der Waals surface area contributed by atoms with E-state index in [1.165, 1.54) is 12.1 Å². The summed E-state index contributed by atoms with van der Waals surface area (Å²) in [6, 6.07) is 8.01. The first-order valence-electron chi connectivity index (χ1n) is 5.09. The van der Waals surface area contributed by atoms with Gasteiger partial charge in [-0.15, -0.1) is 5.10 Å². The quantitative estimate of drug-likeness (QED) is 0.694. The highest BCUT2D eigenvalue weighted by atomic mass is 19.1. The lowest BCUT2D eigenvalue weighted by Crippen LogP contribution is -1.92. The van der Waals surface area contributed by atoms with Crippen molar-refractivity contribution >= 4 is 11.5 Å². The third kappa shape index (κ3) is 1.71. The van der Waals surface area contributed by atoms with Crippen molar-refractivity contribution in [3.8, 4) is 11.1 Å². The van der Waals surface area contributed by atoms with Gasteiger partial charge >= 0.3 is 0 Å². The number of nitrogens with zero attached hydrogens (tertiary/aromatic N) is 3. The molecule has 0 bridgehead atoms. The molecule has 0 aliphatic carbocycles. The summed E-state index contributed by atoms with van der Waals surface area (Å²) in [5.41, 5.74) is 7.79. The van der Waals surface area contributed by atoms with Crippen molar-refractivity contribution < 1.29 is 4.39 Å². The maximum absolute atomic E-state index is 13.1.